The van der Waals surface area contributed by atoms with Gasteiger partial charge in [-0.3, -0.25) is 4.79 Å². The average Bonchev–Trinajstić information content (AvgIpc) is 3.38. The van der Waals surface area contributed by atoms with Gasteiger partial charge in [0.05, 0.1) is 11.7 Å². The van der Waals surface area contributed by atoms with Gasteiger partial charge in [0.15, 0.2) is 0 Å². The summed E-state index contributed by atoms with van der Waals surface area (Å²) in [6, 6.07) is 22.1. The fourth-order valence-electron chi connectivity index (χ4n) is 4.11. The molecule has 8 nitrogen and oxygen atoms in total. The van der Waals surface area contributed by atoms with Crippen LogP contribution in [0.2, 0.25) is 0 Å². The molecule has 5 rings (SSSR count). The lowest BCUT2D eigenvalue weighted by Crippen LogP contribution is -2.41. The number of hydrogen-bond donors (Lipinski definition) is 1. The van der Waals surface area contributed by atoms with Crippen LogP contribution in [0.25, 0.3) is 11.0 Å². The van der Waals surface area contributed by atoms with Crippen LogP contribution in [-0.2, 0) is 21.4 Å². The molecule has 180 valence electrons. The number of amides is 1. The Morgan fingerprint density at radius 2 is 1.71 bits per heavy atom. The zero-order valence-electron chi connectivity index (χ0n) is 18.8. The molecule has 0 saturated carbocycles. The van der Waals surface area contributed by atoms with E-state index in [-0.39, 0.29) is 29.8 Å². The Labute approximate surface area is 207 Å². The molecule has 1 aromatic heterocycles. The van der Waals surface area contributed by atoms with Gasteiger partial charge >= 0.3 is 0 Å². The van der Waals surface area contributed by atoms with E-state index in [4.69, 9.17) is 4.74 Å². The summed E-state index contributed by atoms with van der Waals surface area (Å²) in [5.41, 5.74) is 2.73. The highest BCUT2D eigenvalue weighted by molar-refractivity contribution is 7.89. The van der Waals surface area contributed by atoms with E-state index < -0.39 is 10.0 Å². The van der Waals surface area contributed by atoms with E-state index in [1.165, 1.54) is 4.31 Å². The predicted octanol–water partition coefficient (Wildman–Crippen LogP) is 4.31. The van der Waals surface area contributed by atoms with E-state index in [2.05, 4.69) is 14.1 Å². The summed E-state index contributed by atoms with van der Waals surface area (Å²) >= 11 is 0.994. The van der Waals surface area contributed by atoms with Crippen LogP contribution in [0.3, 0.4) is 0 Å². The molecule has 2 heterocycles. The Balaban J connectivity index is 1.15. The van der Waals surface area contributed by atoms with Crippen LogP contribution >= 0.6 is 11.7 Å². The number of hydrogen-bond acceptors (Lipinski definition) is 7. The minimum absolute atomic E-state index is 0.106. The number of anilines is 1. The van der Waals surface area contributed by atoms with E-state index in [1.54, 1.807) is 30.3 Å². The van der Waals surface area contributed by atoms with Crippen molar-refractivity contribution in [3.05, 3.63) is 78.4 Å². The largest absolute Gasteiger partial charge is 0.489 e. The Bertz CT molecular complexity index is 1410. The minimum atomic E-state index is -3.71. The highest BCUT2D eigenvalue weighted by Gasteiger charge is 2.33. The molecule has 1 amide bonds. The van der Waals surface area contributed by atoms with Crippen LogP contribution in [0.5, 0.6) is 5.75 Å². The number of carbonyl (C=O) groups is 1. The van der Waals surface area contributed by atoms with Crippen molar-refractivity contribution in [2.24, 2.45) is 5.92 Å². The van der Waals surface area contributed by atoms with Crippen molar-refractivity contribution in [3.63, 3.8) is 0 Å². The van der Waals surface area contributed by atoms with Crippen molar-refractivity contribution in [1.82, 2.24) is 13.1 Å². The van der Waals surface area contributed by atoms with E-state index >= 15 is 0 Å². The maximum Gasteiger partial charge on any atom is 0.245 e. The lowest BCUT2D eigenvalue weighted by Gasteiger charge is -2.30. The third-order valence-electron chi connectivity index (χ3n) is 6.06. The topological polar surface area (TPSA) is 101 Å². The van der Waals surface area contributed by atoms with Crippen molar-refractivity contribution in [2.75, 3.05) is 18.4 Å². The van der Waals surface area contributed by atoms with Gasteiger partial charge in [0, 0.05) is 24.7 Å². The number of aromatic nitrogens is 2. The van der Waals surface area contributed by atoms with Crippen molar-refractivity contribution < 1.29 is 17.9 Å². The SMILES string of the molecule is O=C(Nc1ccc(OCc2ccccc2)cc1)C1CCN(S(=O)(=O)c2cccc3nsnc23)CC1. The first kappa shape index (κ1) is 23.4. The Morgan fingerprint density at radius 3 is 2.46 bits per heavy atom. The molecule has 0 spiro atoms. The Kier molecular flexibility index (Phi) is 6.76. The summed E-state index contributed by atoms with van der Waals surface area (Å²) in [5.74, 6) is 0.355. The summed E-state index contributed by atoms with van der Waals surface area (Å²) in [7, 11) is -3.71. The molecule has 0 atom stereocenters. The Hall–Kier alpha value is -3.34. The summed E-state index contributed by atoms with van der Waals surface area (Å²) in [6.45, 7) is 1.03. The molecular weight excluding hydrogens is 484 g/mol. The van der Waals surface area contributed by atoms with Crippen molar-refractivity contribution >= 4 is 44.4 Å². The van der Waals surface area contributed by atoms with Crippen LogP contribution in [-0.4, -0.2) is 40.5 Å². The van der Waals surface area contributed by atoms with Gasteiger partial charge in [0.2, 0.25) is 15.9 Å². The van der Waals surface area contributed by atoms with E-state index in [0.717, 1.165) is 23.0 Å². The number of rotatable bonds is 7. The second kappa shape index (κ2) is 10.1. The number of carbonyl (C=O) groups excluding carboxylic acids is 1. The van der Waals surface area contributed by atoms with Crippen molar-refractivity contribution in [3.8, 4) is 5.75 Å². The molecule has 1 aliphatic rings. The van der Waals surface area contributed by atoms with Gasteiger partial charge in [-0.05, 0) is 54.8 Å². The molecule has 0 bridgehead atoms. The van der Waals surface area contributed by atoms with E-state index in [1.807, 2.05) is 42.5 Å². The number of benzene rings is 3. The fraction of sp³-hybridized carbons (Fsp3) is 0.240. The first-order valence-corrected chi connectivity index (χ1v) is 13.5. The second-order valence-corrected chi connectivity index (χ2v) is 10.8. The molecule has 1 saturated heterocycles. The molecule has 10 heteroatoms. The molecule has 0 aliphatic carbocycles. The van der Waals surface area contributed by atoms with Crippen LogP contribution < -0.4 is 10.1 Å². The smallest absolute Gasteiger partial charge is 0.245 e. The van der Waals surface area contributed by atoms with Crippen LogP contribution in [0.15, 0.2) is 77.7 Å². The highest BCUT2D eigenvalue weighted by atomic mass is 32.2. The number of nitrogens with one attached hydrogen (secondary N) is 1. The third-order valence-corrected chi connectivity index (χ3v) is 8.53. The maximum atomic E-state index is 13.2. The molecule has 35 heavy (non-hydrogen) atoms. The standard InChI is InChI=1S/C25H24N4O4S2/c30-25(26-20-9-11-21(12-10-20)33-17-18-5-2-1-3-6-18)19-13-15-29(16-14-19)35(31,32)23-8-4-7-22-24(23)28-34-27-22/h1-12,19H,13-17H2,(H,26,30). The summed E-state index contributed by atoms with van der Waals surface area (Å²) < 4.78 is 41.9. The number of sulfonamides is 1. The lowest BCUT2D eigenvalue weighted by molar-refractivity contribution is -0.120. The third kappa shape index (κ3) is 5.19. The second-order valence-electron chi connectivity index (χ2n) is 8.35. The predicted molar refractivity (Wildman–Crippen MR) is 135 cm³/mol. The van der Waals surface area contributed by atoms with Gasteiger partial charge in [-0.15, -0.1) is 0 Å². The zero-order valence-corrected chi connectivity index (χ0v) is 20.5. The van der Waals surface area contributed by atoms with E-state index in [0.29, 0.717) is 36.2 Å². The summed E-state index contributed by atoms with van der Waals surface area (Å²) in [5, 5.41) is 2.94. The van der Waals surface area contributed by atoms with Crippen LogP contribution in [0.4, 0.5) is 5.69 Å². The molecule has 1 fully saturated rings. The molecule has 1 aliphatic heterocycles. The van der Waals surface area contributed by atoms with Crippen LogP contribution in [0, 0.1) is 5.92 Å². The van der Waals surface area contributed by atoms with E-state index in [9.17, 15) is 13.2 Å². The average molecular weight is 509 g/mol. The van der Waals surface area contributed by atoms with Crippen molar-refractivity contribution in [1.29, 1.82) is 0 Å². The van der Waals surface area contributed by atoms with Gasteiger partial charge in [-0.25, -0.2) is 8.42 Å². The number of fused-ring (bicyclic) bond motifs is 1. The number of ether oxygens (including phenoxy) is 1. The monoisotopic (exact) mass is 508 g/mol. The molecular formula is C25H24N4O4S2. The van der Waals surface area contributed by atoms with Gasteiger partial charge < -0.3 is 10.1 Å². The maximum absolute atomic E-state index is 13.2. The van der Waals surface area contributed by atoms with Crippen molar-refractivity contribution in [2.45, 2.75) is 24.3 Å². The fourth-order valence-corrected chi connectivity index (χ4v) is 6.33. The van der Waals surface area contributed by atoms with Gasteiger partial charge in [0.25, 0.3) is 0 Å². The molecule has 0 unspecified atom stereocenters. The lowest BCUT2D eigenvalue weighted by atomic mass is 9.97. The van der Waals surface area contributed by atoms with Gasteiger partial charge in [-0.2, -0.15) is 13.1 Å². The zero-order chi connectivity index (χ0) is 24.3. The number of nitrogens with zero attached hydrogens (tertiary/aromatic N) is 3. The number of piperidine rings is 1. The summed E-state index contributed by atoms with van der Waals surface area (Å²) in [4.78, 5) is 13.0. The molecule has 3 aromatic carbocycles. The molecule has 1 N–H and O–H groups in total. The highest BCUT2D eigenvalue weighted by Crippen LogP contribution is 2.28. The molecule has 4 aromatic rings. The summed E-state index contributed by atoms with van der Waals surface area (Å²) in [6.07, 6.45) is 0.906. The first-order valence-electron chi connectivity index (χ1n) is 11.3. The first-order chi connectivity index (χ1) is 17.0. The van der Waals surface area contributed by atoms with Gasteiger partial charge in [0.1, 0.15) is 28.3 Å². The quantitative estimate of drug-likeness (QED) is 0.399. The minimum Gasteiger partial charge on any atom is -0.489 e. The molecule has 0 radical (unpaired) electrons. The normalized spacial score (nSPS) is 15.2. The Morgan fingerprint density at radius 1 is 0.971 bits per heavy atom. The van der Waals surface area contributed by atoms with Gasteiger partial charge in [-0.1, -0.05) is 36.4 Å². The van der Waals surface area contributed by atoms with Crippen LogP contribution in [0.1, 0.15) is 18.4 Å².